The predicted octanol–water partition coefficient (Wildman–Crippen LogP) is 1.14. The number of nitrogens with one attached hydrogen (secondary N) is 1. The Kier molecular flexibility index (Phi) is 5.01. The van der Waals surface area contributed by atoms with Gasteiger partial charge in [-0.3, -0.25) is 0 Å². The number of rotatable bonds is 3. The maximum absolute atomic E-state index is 10.7. The zero-order valence-corrected chi connectivity index (χ0v) is 6.89. The summed E-state index contributed by atoms with van der Waals surface area (Å²) in [5.74, 6) is 2.28. The molecule has 1 atom stereocenters. The highest BCUT2D eigenvalue weighted by Gasteiger charge is 2.04. The minimum atomic E-state index is -0.447. The van der Waals surface area contributed by atoms with Gasteiger partial charge in [0.25, 0.3) is 0 Å². The average Bonchev–Trinajstić information content (AvgIpc) is 2.00. The van der Waals surface area contributed by atoms with Gasteiger partial charge >= 0.3 is 6.09 Å². The van der Waals surface area contributed by atoms with Gasteiger partial charge in [0.2, 0.25) is 0 Å². The van der Waals surface area contributed by atoms with E-state index in [1.54, 1.807) is 0 Å². The number of amides is 1. The standard InChI is InChI=1S/C8H13NO2/c1-4-6-9-8(10)11-7(3)5-2/h1,7H,5-6H2,2-3H3,(H,9,10)/t7-/m0/s1. The first kappa shape index (κ1) is 9.83. The molecule has 1 N–H and O–H groups in total. The summed E-state index contributed by atoms with van der Waals surface area (Å²) in [6.45, 7) is 3.99. The molecule has 11 heavy (non-hydrogen) atoms. The molecule has 0 rings (SSSR count). The van der Waals surface area contributed by atoms with Crippen LogP contribution in [0.25, 0.3) is 0 Å². The minimum absolute atomic E-state index is 0.0484. The first-order valence-corrected chi connectivity index (χ1v) is 3.58. The van der Waals surface area contributed by atoms with Gasteiger partial charge in [0.05, 0.1) is 6.54 Å². The molecule has 0 aliphatic rings. The van der Waals surface area contributed by atoms with Gasteiger partial charge in [-0.2, -0.15) is 0 Å². The average molecular weight is 155 g/mol. The lowest BCUT2D eigenvalue weighted by Crippen LogP contribution is -2.27. The molecule has 0 aliphatic heterocycles. The minimum Gasteiger partial charge on any atom is -0.447 e. The van der Waals surface area contributed by atoms with Crippen molar-refractivity contribution in [1.82, 2.24) is 5.32 Å². The lowest BCUT2D eigenvalue weighted by molar-refractivity contribution is 0.106. The van der Waals surface area contributed by atoms with Crippen molar-refractivity contribution in [2.45, 2.75) is 26.4 Å². The maximum Gasteiger partial charge on any atom is 0.408 e. The molecule has 0 saturated heterocycles. The lowest BCUT2D eigenvalue weighted by atomic mass is 10.3. The van der Waals surface area contributed by atoms with Crippen molar-refractivity contribution < 1.29 is 9.53 Å². The Labute approximate surface area is 67.1 Å². The second kappa shape index (κ2) is 5.60. The maximum atomic E-state index is 10.7. The van der Waals surface area contributed by atoms with Gasteiger partial charge in [-0.15, -0.1) is 6.42 Å². The molecule has 0 aromatic carbocycles. The fraction of sp³-hybridized carbons (Fsp3) is 0.625. The normalized spacial score (nSPS) is 11.4. The first-order chi connectivity index (χ1) is 5.20. The molecule has 0 saturated carbocycles. The molecule has 0 radical (unpaired) electrons. The Morgan fingerprint density at radius 1 is 1.82 bits per heavy atom. The van der Waals surface area contributed by atoms with Crippen LogP contribution in [0.2, 0.25) is 0 Å². The van der Waals surface area contributed by atoms with E-state index in [2.05, 4.69) is 11.2 Å². The summed E-state index contributed by atoms with van der Waals surface area (Å²) >= 11 is 0. The van der Waals surface area contributed by atoms with Gasteiger partial charge < -0.3 is 10.1 Å². The molecule has 1 amide bonds. The molecule has 3 heteroatoms. The van der Waals surface area contributed by atoms with E-state index in [1.165, 1.54) is 0 Å². The molecule has 0 aliphatic carbocycles. The van der Waals surface area contributed by atoms with Crippen LogP contribution in [-0.2, 0) is 4.74 Å². The summed E-state index contributed by atoms with van der Waals surface area (Å²) in [6.07, 6.45) is 5.23. The van der Waals surface area contributed by atoms with Gasteiger partial charge in [0, 0.05) is 0 Å². The molecular formula is C8H13NO2. The van der Waals surface area contributed by atoms with Gasteiger partial charge in [-0.05, 0) is 13.3 Å². The number of hydrogen-bond acceptors (Lipinski definition) is 2. The van der Waals surface area contributed by atoms with E-state index in [1.807, 2.05) is 13.8 Å². The number of terminal acetylenes is 1. The van der Waals surface area contributed by atoms with Crippen LogP contribution in [0.15, 0.2) is 0 Å². The van der Waals surface area contributed by atoms with E-state index in [9.17, 15) is 4.79 Å². The molecular weight excluding hydrogens is 142 g/mol. The van der Waals surface area contributed by atoms with Crippen LogP contribution < -0.4 is 5.32 Å². The van der Waals surface area contributed by atoms with E-state index >= 15 is 0 Å². The summed E-state index contributed by atoms with van der Waals surface area (Å²) in [4.78, 5) is 10.7. The van der Waals surface area contributed by atoms with Crippen molar-refractivity contribution in [1.29, 1.82) is 0 Å². The molecule has 0 heterocycles. The van der Waals surface area contributed by atoms with Crippen LogP contribution in [0.3, 0.4) is 0 Å². The number of carbonyl (C=O) groups excluding carboxylic acids is 1. The zero-order valence-electron chi connectivity index (χ0n) is 6.89. The van der Waals surface area contributed by atoms with Crippen molar-refractivity contribution in [2.24, 2.45) is 0 Å². The molecule has 0 aromatic rings. The third kappa shape index (κ3) is 5.28. The van der Waals surface area contributed by atoms with Crippen LogP contribution in [0.4, 0.5) is 4.79 Å². The monoisotopic (exact) mass is 155 g/mol. The highest BCUT2D eigenvalue weighted by atomic mass is 16.6. The van der Waals surface area contributed by atoms with Crippen molar-refractivity contribution >= 4 is 6.09 Å². The smallest absolute Gasteiger partial charge is 0.408 e. The van der Waals surface area contributed by atoms with E-state index in [0.717, 1.165) is 6.42 Å². The molecule has 62 valence electrons. The number of carbonyl (C=O) groups is 1. The Hall–Kier alpha value is -1.17. The van der Waals surface area contributed by atoms with Crippen LogP contribution in [0, 0.1) is 12.3 Å². The molecule has 0 unspecified atom stereocenters. The summed E-state index contributed by atoms with van der Waals surface area (Å²) in [5, 5.41) is 2.40. The second-order valence-electron chi connectivity index (χ2n) is 2.18. The van der Waals surface area contributed by atoms with Crippen LogP contribution >= 0.6 is 0 Å². The van der Waals surface area contributed by atoms with Gasteiger partial charge in [0.1, 0.15) is 6.10 Å². The largest absolute Gasteiger partial charge is 0.447 e. The third-order valence-electron chi connectivity index (χ3n) is 1.22. The van der Waals surface area contributed by atoms with Crippen molar-refractivity contribution in [3.8, 4) is 12.3 Å². The summed E-state index contributed by atoms with van der Waals surface area (Å²) < 4.78 is 4.86. The van der Waals surface area contributed by atoms with E-state index in [4.69, 9.17) is 11.2 Å². The molecule has 0 bridgehead atoms. The summed E-state index contributed by atoms with van der Waals surface area (Å²) in [7, 11) is 0. The summed E-state index contributed by atoms with van der Waals surface area (Å²) in [6, 6.07) is 0. The lowest BCUT2D eigenvalue weighted by Gasteiger charge is -2.09. The number of alkyl carbamates (subject to hydrolysis) is 1. The SMILES string of the molecule is C#CCNC(=O)O[C@@H](C)CC. The predicted molar refractivity (Wildman–Crippen MR) is 43.1 cm³/mol. The quantitative estimate of drug-likeness (QED) is 0.621. The van der Waals surface area contributed by atoms with E-state index in [-0.39, 0.29) is 12.6 Å². The number of ether oxygens (including phenoxy) is 1. The van der Waals surface area contributed by atoms with Crippen molar-refractivity contribution in [2.75, 3.05) is 6.54 Å². The topological polar surface area (TPSA) is 38.3 Å². The van der Waals surface area contributed by atoms with Gasteiger partial charge in [-0.1, -0.05) is 12.8 Å². The van der Waals surface area contributed by atoms with Crippen LogP contribution in [0.5, 0.6) is 0 Å². The summed E-state index contributed by atoms with van der Waals surface area (Å²) in [5.41, 5.74) is 0. The second-order valence-corrected chi connectivity index (χ2v) is 2.18. The Bertz CT molecular complexity index is 160. The molecule has 0 spiro atoms. The van der Waals surface area contributed by atoms with Gasteiger partial charge in [-0.25, -0.2) is 4.79 Å². The highest BCUT2D eigenvalue weighted by Crippen LogP contribution is 1.94. The number of hydrogen-bond donors (Lipinski definition) is 1. The van der Waals surface area contributed by atoms with Crippen molar-refractivity contribution in [3.05, 3.63) is 0 Å². The first-order valence-electron chi connectivity index (χ1n) is 3.58. The van der Waals surface area contributed by atoms with Gasteiger partial charge in [0.15, 0.2) is 0 Å². The fourth-order valence-electron chi connectivity index (χ4n) is 0.431. The molecule has 3 nitrogen and oxygen atoms in total. The zero-order chi connectivity index (χ0) is 8.69. The Morgan fingerprint density at radius 3 is 2.91 bits per heavy atom. The molecule has 0 aromatic heterocycles. The molecule has 0 fully saturated rings. The van der Waals surface area contributed by atoms with Crippen LogP contribution in [0.1, 0.15) is 20.3 Å². The third-order valence-corrected chi connectivity index (χ3v) is 1.22. The highest BCUT2D eigenvalue weighted by molar-refractivity contribution is 5.67. The van der Waals surface area contributed by atoms with Crippen LogP contribution in [-0.4, -0.2) is 18.7 Å². The van der Waals surface area contributed by atoms with E-state index < -0.39 is 6.09 Å². The van der Waals surface area contributed by atoms with E-state index in [0.29, 0.717) is 0 Å². The van der Waals surface area contributed by atoms with Crippen molar-refractivity contribution in [3.63, 3.8) is 0 Å². The fourth-order valence-corrected chi connectivity index (χ4v) is 0.431. The Balaban J connectivity index is 3.45. The Morgan fingerprint density at radius 2 is 2.45 bits per heavy atom.